The summed E-state index contributed by atoms with van der Waals surface area (Å²) in [5.41, 5.74) is 3.60. The molecule has 0 amide bonds. The molecule has 4 aromatic rings. The van der Waals surface area contributed by atoms with Gasteiger partial charge in [-0.2, -0.15) is 0 Å². The van der Waals surface area contributed by atoms with Crippen LogP contribution in [0.1, 0.15) is 16.1 Å². The molecule has 0 atom stereocenters. The zero-order valence-corrected chi connectivity index (χ0v) is 13.9. The zero-order chi connectivity index (χ0) is 17.9. The number of ether oxygens (including phenoxy) is 1. The van der Waals surface area contributed by atoms with Crippen molar-refractivity contribution in [2.24, 2.45) is 0 Å². The van der Waals surface area contributed by atoms with Crippen molar-refractivity contribution in [2.75, 3.05) is 0 Å². The van der Waals surface area contributed by atoms with Gasteiger partial charge in [-0.25, -0.2) is 9.18 Å². The van der Waals surface area contributed by atoms with E-state index in [1.165, 1.54) is 12.1 Å². The van der Waals surface area contributed by atoms with E-state index in [1.54, 1.807) is 12.1 Å². The number of aromatic nitrogens is 1. The van der Waals surface area contributed by atoms with Gasteiger partial charge in [0.25, 0.3) is 0 Å². The van der Waals surface area contributed by atoms with Crippen molar-refractivity contribution in [3.05, 3.63) is 95.9 Å². The normalized spacial score (nSPS) is 10.8. The topological polar surface area (TPSA) is 42.1 Å². The van der Waals surface area contributed by atoms with Gasteiger partial charge in [0, 0.05) is 16.5 Å². The molecule has 26 heavy (non-hydrogen) atoms. The third-order valence-corrected chi connectivity index (χ3v) is 4.26. The summed E-state index contributed by atoms with van der Waals surface area (Å²) in [5, 5.41) is 0.894. The van der Waals surface area contributed by atoms with E-state index in [-0.39, 0.29) is 12.4 Å². The first-order valence-corrected chi connectivity index (χ1v) is 8.30. The summed E-state index contributed by atoms with van der Waals surface area (Å²) in [7, 11) is 0. The van der Waals surface area contributed by atoms with Gasteiger partial charge >= 0.3 is 5.97 Å². The number of fused-ring (bicyclic) bond motifs is 1. The largest absolute Gasteiger partial charge is 0.456 e. The van der Waals surface area contributed by atoms with Gasteiger partial charge in [-0.05, 0) is 29.3 Å². The molecule has 1 heterocycles. The first-order valence-electron chi connectivity index (χ1n) is 8.30. The Bertz CT molecular complexity index is 1050. The number of nitrogens with one attached hydrogen (secondary N) is 1. The number of carbonyl (C=O) groups is 1. The van der Waals surface area contributed by atoms with Gasteiger partial charge in [-0.1, -0.05) is 60.7 Å². The Kier molecular flexibility index (Phi) is 4.23. The zero-order valence-electron chi connectivity index (χ0n) is 13.9. The highest BCUT2D eigenvalue weighted by atomic mass is 19.1. The van der Waals surface area contributed by atoms with Crippen molar-refractivity contribution >= 4 is 16.9 Å². The van der Waals surface area contributed by atoms with Crippen LogP contribution in [0.5, 0.6) is 0 Å². The molecule has 4 heteroatoms. The SMILES string of the molecule is O=C(OCc1ccccc1)c1[nH]c2ccccc2c1-c1ccc(F)cc1. The van der Waals surface area contributed by atoms with Crippen LogP contribution >= 0.6 is 0 Å². The average Bonchev–Trinajstić information content (AvgIpc) is 3.07. The van der Waals surface area contributed by atoms with Gasteiger partial charge in [-0.3, -0.25) is 0 Å². The van der Waals surface area contributed by atoms with E-state index >= 15 is 0 Å². The number of hydrogen-bond acceptors (Lipinski definition) is 2. The molecule has 0 saturated carbocycles. The van der Waals surface area contributed by atoms with Gasteiger partial charge in [0.1, 0.15) is 18.1 Å². The third-order valence-electron chi connectivity index (χ3n) is 4.26. The van der Waals surface area contributed by atoms with E-state index in [9.17, 15) is 9.18 Å². The van der Waals surface area contributed by atoms with Crippen LogP contribution in [-0.2, 0) is 11.3 Å². The summed E-state index contributed by atoms with van der Waals surface area (Å²) < 4.78 is 18.8. The van der Waals surface area contributed by atoms with E-state index in [4.69, 9.17) is 4.74 Å². The van der Waals surface area contributed by atoms with Crippen LogP contribution in [0.2, 0.25) is 0 Å². The molecular formula is C22H16FNO2. The maximum absolute atomic E-state index is 13.3. The second-order valence-electron chi connectivity index (χ2n) is 5.99. The number of H-pyrrole nitrogens is 1. The maximum atomic E-state index is 13.3. The molecule has 3 aromatic carbocycles. The molecule has 1 N–H and O–H groups in total. The van der Waals surface area contributed by atoms with Crippen molar-refractivity contribution in [2.45, 2.75) is 6.61 Å². The van der Waals surface area contributed by atoms with Gasteiger partial charge in [0.2, 0.25) is 0 Å². The monoisotopic (exact) mass is 345 g/mol. The summed E-state index contributed by atoms with van der Waals surface area (Å²) in [6, 6.07) is 23.2. The molecule has 0 bridgehead atoms. The fraction of sp³-hybridized carbons (Fsp3) is 0.0455. The molecule has 0 radical (unpaired) electrons. The molecule has 0 aliphatic carbocycles. The second kappa shape index (κ2) is 6.84. The standard InChI is InChI=1S/C22H16FNO2/c23-17-12-10-16(11-13-17)20-18-8-4-5-9-19(18)24-21(20)22(25)26-14-15-6-2-1-3-7-15/h1-13,24H,14H2. The Labute approximate surface area is 150 Å². The van der Waals surface area contributed by atoms with Crippen LogP contribution in [0.3, 0.4) is 0 Å². The van der Waals surface area contributed by atoms with Crippen LogP contribution in [-0.4, -0.2) is 11.0 Å². The molecule has 0 aliphatic rings. The Hall–Kier alpha value is -3.40. The van der Waals surface area contributed by atoms with Crippen molar-refractivity contribution in [1.82, 2.24) is 4.98 Å². The van der Waals surface area contributed by atoms with Crippen LogP contribution in [0.4, 0.5) is 4.39 Å². The number of carbonyl (C=O) groups excluding carboxylic acids is 1. The predicted octanol–water partition coefficient (Wildman–Crippen LogP) is 5.33. The number of benzene rings is 3. The minimum Gasteiger partial charge on any atom is -0.456 e. The van der Waals surface area contributed by atoms with E-state index in [0.717, 1.165) is 27.6 Å². The minimum absolute atomic E-state index is 0.192. The highest BCUT2D eigenvalue weighted by molar-refractivity contribution is 6.07. The van der Waals surface area contributed by atoms with Crippen molar-refractivity contribution in [3.8, 4) is 11.1 Å². The fourth-order valence-electron chi connectivity index (χ4n) is 3.01. The molecule has 0 fully saturated rings. The second-order valence-corrected chi connectivity index (χ2v) is 5.99. The Balaban J connectivity index is 1.73. The minimum atomic E-state index is -0.440. The van der Waals surface area contributed by atoms with Gasteiger partial charge < -0.3 is 9.72 Å². The quantitative estimate of drug-likeness (QED) is 0.508. The van der Waals surface area contributed by atoms with Crippen LogP contribution in [0, 0.1) is 5.82 Å². The highest BCUT2D eigenvalue weighted by Gasteiger charge is 2.20. The molecule has 0 aliphatic heterocycles. The summed E-state index contributed by atoms with van der Waals surface area (Å²) in [5.74, 6) is -0.758. The van der Waals surface area contributed by atoms with Gasteiger partial charge in [0.15, 0.2) is 0 Å². The Morgan fingerprint density at radius 1 is 0.885 bits per heavy atom. The molecule has 4 rings (SSSR count). The van der Waals surface area contributed by atoms with Gasteiger partial charge in [0.05, 0.1) is 0 Å². The number of para-hydroxylation sites is 1. The number of esters is 1. The van der Waals surface area contributed by atoms with E-state index < -0.39 is 5.97 Å². The van der Waals surface area contributed by atoms with E-state index in [0.29, 0.717) is 5.69 Å². The number of halogens is 1. The van der Waals surface area contributed by atoms with Crippen molar-refractivity contribution in [3.63, 3.8) is 0 Å². The van der Waals surface area contributed by atoms with Gasteiger partial charge in [-0.15, -0.1) is 0 Å². The molecule has 128 valence electrons. The lowest BCUT2D eigenvalue weighted by molar-refractivity contribution is 0.0468. The van der Waals surface area contributed by atoms with Crippen LogP contribution in [0.15, 0.2) is 78.9 Å². The summed E-state index contributed by atoms with van der Waals surface area (Å²) >= 11 is 0. The average molecular weight is 345 g/mol. The van der Waals surface area contributed by atoms with Crippen LogP contribution in [0.25, 0.3) is 22.0 Å². The first-order chi connectivity index (χ1) is 12.7. The lowest BCUT2D eigenvalue weighted by atomic mass is 10.0. The third kappa shape index (κ3) is 3.09. The number of hydrogen-bond donors (Lipinski definition) is 1. The molecular weight excluding hydrogens is 329 g/mol. The summed E-state index contributed by atoms with van der Waals surface area (Å²) in [6.45, 7) is 0.192. The van der Waals surface area contributed by atoms with Crippen LogP contribution < -0.4 is 0 Å². The first kappa shape index (κ1) is 16.1. The molecule has 0 saturated heterocycles. The lowest BCUT2D eigenvalue weighted by Gasteiger charge is -2.07. The summed E-state index contributed by atoms with van der Waals surface area (Å²) in [6.07, 6.45) is 0. The fourth-order valence-corrected chi connectivity index (χ4v) is 3.01. The number of aromatic amines is 1. The van der Waals surface area contributed by atoms with E-state index in [2.05, 4.69) is 4.98 Å². The molecule has 3 nitrogen and oxygen atoms in total. The van der Waals surface area contributed by atoms with Crippen molar-refractivity contribution in [1.29, 1.82) is 0 Å². The number of rotatable bonds is 4. The molecule has 0 unspecified atom stereocenters. The molecule has 0 spiro atoms. The summed E-state index contributed by atoms with van der Waals surface area (Å²) in [4.78, 5) is 15.9. The maximum Gasteiger partial charge on any atom is 0.355 e. The predicted molar refractivity (Wildman–Crippen MR) is 99.3 cm³/mol. The highest BCUT2D eigenvalue weighted by Crippen LogP contribution is 2.33. The Morgan fingerprint density at radius 2 is 1.58 bits per heavy atom. The Morgan fingerprint density at radius 3 is 2.35 bits per heavy atom. The smallest absolute Gasteiger partial charge is 0.355 e. The van der Waals surface area contributed by atoms with Crippen molar-refractivity contribution < 1.29 is 13.9 Å². The van der Waals surface area contributed by atoms with E-state index in [1.807, 2.05) is 54.6 Å². The lowest BCUT2D eigenvalue weighted by Crippen LogP contribution is -2.07. The molecule has 1 aromatic heterocycles.